The third-order valence-electron chi connectivity index (χ3n) is 3.56. The molecule has 0 aliphatic carbocycles. The molecule has 0 aliphatic rings. The molecule has 0 saturated carbocycles. The zero-order valence-corrected chi connectivity index (χ0v) is 13.7. The highest BCUT2D eigenvalue weighted by molar-refractivity contribution is 7.87. The molecule has 114 valence electrons. The Balaban J connectivity index is 2.79. The molecule has 0 radical (unpaired) electrons. The Hall–Kier alpha value is -0.910. The number of nitrogens with one attached hydrogen (secondary N) is 1. The number of hydrogen-bond acceptors (Lipinski definition) is 2. The van der Waals surface area contributed by atoms with E-state index in [9.17, 15) is 8.42 Å². The Morgan fingerprint density at radius 2 is 1.65 bits per heavy atom. The van der Waals surface area contributed by atoms with Gasteiger partial charge in [-0.25, -0.2) is 4.72 Å². The first-order valence-electron chi connectivity index (χ1n) is 7.22. The van der Waals surface area contributed by atoms with Crippen molar-refractivity contribution in [3.63, 3.8) is 0 Å². The van der Waals surface area contributed by atoms with Gasteiger partial charge in [0.25, 0.3) is 10.2 Å². The first-order valence-corrected chi connectivity index (χ1v) is 8.66. The molecular formula is C15H26N2O2S. The number of benzene rings is 1. The molecule has 0 bridgehead atoms. The molecule has 0 heterocycles. The fourth-order valence-corrected chi connectivity index (χ4v) is 3.54. The van der Waals surface area contributed by atoms with Gasteiger partial charge in [-0.3, -0.25) is 0 Å². The van der Waals surface area contributed by atoms with Crippen LogP contribution in [0.3, 0.4) is 0 Å². The van der Waals surface area contributed by atoms with Crippen molar-refractivity contribution in [2.45, 2.75) is 33.6 Å². The van der Waals surface area contributed by atoms with E-state index in [0.717, 1.165) is 0 Å². The quantitative estimate of drug-likeness (QED) is 0.802. The molecule has 20 heavy (non-hydrogen) atoms. The summed E-state index contributed by atoms with van der Waals surface area (Å²) >= 11 is 0. The highest BCUT2D eigenvalue weighted by Gasteiger charge is 2.22. The van der Waals surface area contributed by atoms with E-state index >= 15 is 0 Å². The monoisotopic (exact) mass is 298 g/mol. The molecule has 5 heteroatoms. The van der Waals surface area contributed by atoms with Crippen molar-refractivity contribution >= 4 is 10.2 Å². The average molecular weight is 298 g/mol. The summed E-state index contributed by atoms with van der Waals surface area (Å²) in [5, 5.41) is 0. The van der Waals surface area contributed by atoms with Crippen LogP contribution in [0.15, 0.2) is 30.3 Å². The largest absolute Gasteiger partial charge is 0.279 e. The third kappa shape index (κ3) is 4.58. The Labute approximate surface area is 123 Å². The Morgan fingerprint density at radius 1 is 1.10 bits per heavy atom. The van der Waals surface area contributed by atoms with Crippen molar-refractivity contribution in [2.24, 2.45) is 5.92 Å². The van der Waals surface area contributed by atoms with Gasteiger partial charge in [0.15, 0.2) is 0 Å². The summed E-state index contributed by atoms with van der Waals surface area (Å²) in [7, 11) is -3.38. The minimum absolute atomic E-state index is 0.182. The first-order chi connectivity index (χ1) is 9.42. The molecule has 1 aromatic carbocycles. The van der Waals surface area contributed by atoms with Crippen LogP contribution in [0.4, 0.5) is 0 Å². The van der Waals surface area contributed by atoms with Crippen molar-refractivity contribution in [3.05, 3.63) is 35.9 Å². The summed E-state index contributed by atoms with van der Waals surface area (Å²) in [5.74, 6) is 0.554. The van der Waals surface area contributed by atoms with Crippen molar-refractivity contribution in [1.82, 2.24) is 9.03 Å². The second kappa shape index (κ2) is 7.76. The van der Waals surface area contributed by atoms with E-state index in [0.29, 0.717) is 25.6 Å². The first kappa shape index (κ1) is 17.1. The molecule has 0 saturated heterocycles. The number of hydrogen-bond donors (Lipinski definition) is 1. The van der Waals surface area contributed by atoms with Crippen LogP contribution in [-0.4, -0.2) is 32.4 Å². The van der Waals surface area contributed by atoms with E-state index in [2.05, 4.69) is 30.7 Å². The van der Waals surface area contributed by atoms with Crippen molar-refractivity contribution in [3.8, 4) is 0 Å². The van der Waals surface area contributed by atoms with Gasteiger partial charge >= 0.3 is 0 Å². The smallest absolute Gasteiger partial charge is 0.201 e. The highest BCUT2D eigenvalue weighted by atomic mass is 32.2. The van der Waals surface area contributed by atoms with Gasteiger partial charge in [0.1, 0.15) is 0 Å². The molecule has 0 amide bonds. The molecule has 1 atom stereocenters. The second-order valence-electron chi connectivity index (χ2n) is 5.20. The molecule has 4 nitrogen and oxygen atoms in total. The minimum atomic E-state index is -3.38. The SMILES string of the molecule is CCN(CC)S(=O)(=O)NC[C@H](c1ccccc1)C(C)C. The van der Waals surface area contributed by atoms with Gasteiger partial charge in [-0.1, -0.05) is 58.0 Å². The predicted molar refractivity (Wildman–Crippen MR) is 83.9 cm³/mol. The van der Waals surface area contributed by atoms with Crippen LogP contribution in [0.2, 0.25) is 0 Å². The predicted octanol–water partition coefficient (Wildman–Crippen LogP) is 2.60. The van der Waals surface area contributed by atoms with Crippen LogP contribution < -0.4 is 4.72 Å². The lowest BCUT2D eigenvalue weighted by Gasteiger charge is -2.24. The fourth-order valence-electron chi connectivity index (χ4n) is 2.29. The Morgan fingerprint density at radius 3 is 2.10 bits per heavy atom. The van der Waals surface area contributed by atoms with Crippen LogP contribution in [0.5, 0.6) is 0 Å². The summed E-state index contributed by atoms with van der Waals surface area (Å²) in [5.41, 5.74) is 1.17. The summed E-state index contributed by atoms with van der Waals surface area (Å²) in [6, 6.07) is 10.1. The van der Waals surface area contributed by atoms with Gasteiger partial charge in [0.2, 0.25) is 0 Å². The van der Waals surface area contributed by atoms with Gasteiger partial charge < -0.3 is 0 Å². The lowest BCUT2D eigenvalue weighted by molar-refractivity contribution is 0.423. The molecule has 0 aliphatic heterocycles. The molecule has 1 rings (SSSR count). The van der Waals surface area contributed by atoms with Gasteiger partial charge in [-0.2, -0.15) is 12.7 Å². The topological polar surface area (TPSA) is 49.4 Å². The molecule has 0 unspecified atom stereocenters. The second-order valence-corrected chi connectivity index (χ2v) is 6.95. The molecule has 0 fully saturated rings. The summed E-state index contributed by atoms with van der Waals surface area (Å²) in [6.07, 6.45) is 0. The van der Waals surface area contributed by atoms with E-state index in [1.165, 1.54) is 9.87 Å². The Kier molecular flexibility index (Phi) is 6.65. The van der Waals surface area contributed by atoms with Crippen molar-refractivity contribution in [2.75, 3.05) is 19.6 Å². The molecular weight excluding hydrogens is 272 g/mol. The zero-order valence-electron chi connectivity index (χ0n) is 12.8. The lowest BCUT2D eigenvalue weighted by atomic mass is 9.89. The molecule has 1 N–H and O–H groups in total. The van der Waals surface area contributed by atoms with Crippen LogP contribution in [0.1, 0.15) is 39.2 Å². The zero-order chi connectivity index (χ0) is 15.2. The van der Waals surface area contributed by atoms with Crippen molar-refractivity contribution < 1.29 is 8.42 Å². The molecule has 1 aromatic rings. The summed E-state index contributed by atoms with van der Waals surface area (Å²) in [4.78, 5) is 0. The van der Waals surface area contributed by atoms with E-state index < -0.39 is 10.2 Å². The van der Waals surface area contributed by atoms with Crippen LogP contribution in [0.25, 0.3) is 0 Å². The maximum atomic E-state index is 12.2. The molecule has 0 aromatic heterocycles. The highest BCUT2D eigenvalue weighted by Crippen LogP contribution is 2.23. The lowest BCUT2D eigenvalue weighted by Crippen LogP contribution is -2.42. The van der Waals surface area contributed by atoms with Crippen LogP contribution in [-0.2, 0) is 10.2 Å². The normalized spacial score (nSPS) is 13.9. The average Bonchev–Trinajstić information content (AvgIpc) is 2.40. The van der Waals surface area contributed by atoms with E-state index in [1.54, 1.807) is 0 Å². The van der Waals surface area contributed by atoms with Gasteiger partial charge in [0, 0.05) is 19.6 Å². The standard InChI is InChI=1S/C15H26N2O2S/c1-5-17(6-2)20(18,19)16-12-15(13(3)4)14-10-8-7-9-11-14/h7-11,13,15-16H,5-6,12H2,1-4H3/t15-/m0/s1. The third-order valence-corrected chi connectivity index (χ3v) is 5.29. The van der Waals surface area contributed by atoms with Crippen molar-refractivity contribution in [1.29, 1.82) is 0 Å². The van der Waals surface area contributed by atoms with Gasteiger partial charge in [-0.05, 0) is 17.4 Å². The van der Waals surface area contributed by atoms with E-state index in [1.807, 2.05) is 32.0 Å². The fraction of sp³-hybridized carbons (Fsp3) is 0.600. The van der Waals surface area contributed by atoms with E-state index in [4.69, 9.17) is 0 Å². The number of nitrogens with zero attached hydrogens (tertiary/aromatic N) is 1. The maximum Gasteiger partial charge on any atom is 0.279 e. The van der Waals surface area contributed by atoms with Crippen LogP contribution >= 0.6 is 0 Å². The molecule has 0 spiro atoms. The maximum absolute atomic E-state index is 12.2. The number of rotatable bonds is 8. The van der Waals surface area contributed by atoms with Gasteiger partial charge in [-0.15, -0.1) is 0 Å². The summed E-state index contributed by atoms with van der Waals surface area (Å²) < 4.78 is 28.5. The summed E-state index contributed by atoms with van der Waals surface area (Å²) in [6.45, 7) is 9.33. The minimum Gasteiger partial charge on any atom is -0.201 e. The Bertz CT molecular complexity index is 482. The van der Waals surface area contributed by atoms with Gasteiger partial charge in [0.05, 0.1) is 0 Å². The van der Waals surface area contributed by atoms with E-state index in [-0.39, 0.29) is 5.92 Å². The van der Waals surface area contributed by atoms with Crippen LogP contribution in [0, 0.1) is 5.92 Å².